The number of aliphatic hydroxyl groups is 2. The molecule has 2 N–H and O–H groups in total. The second-order valence-electron chi connectivity index (χ2n) is 6.03. The lowest BCUT2D eigenvalue weighted by atomic mass is 9.66. The van der Waals surface area contributed by atoms with Crippen LogP contribution in [-0.2, 0) is 0 Å². The Labute approximate surface area is 94.7 Å². The topological polar surface area (TPSA) is 40.5 Å². The lowest BCUT2D eigenvalue weighted by Crippen LogP contribution is -2.38. The van der Waals surface area contributed by atoms with Crippen LogP contribution in [0.3, 0.4) is 0 Å². The Kier molecular flexibility index (Phi) is 5.28. The zero-order valence-electron chi connectivity index (χ0n) is 11.2. The van der Waals surface area contributed by atoms with Gasteiger partial charge in [0.05, 0.1) is 5.60 Å². The maximum Gasteiger partial charge on any atom is 0.0595 e. The van der Waals surface area contributed by atoms with Crippen molar-refractivity contribution in [1.82, 2.24) is 0 Å². The molecule has 0 rings (SSSR count). The standard InChI is InChI=1S/C13H28O2/c1-7-10(2)13(5,6)11(9-14)8-12(3,4)15/h10-11,14-15H,7-9H2,1-6H3. The quantitative estimate of drug-likeness (QED) is 0.717. The number of rotatable bonds is 6. The third-order valence-corrected chi connectivity index (χ3v) is 3.90. The van der Waals surface area contributed by atoms with E-state index >= 15 is 0 Å². The molecule has 0 heterocycles. The Morgan fingerprint density at radius 3 is 1.87 bits per heavy atom. The molecule has 0 aromatic heterocycles. The van der Waals surface area contributed by atoms with Crippen LogP contribution in [0.4, 0.5) is 0 Å². The van der Waals surface area contributed by atoms with Crippen LogP contribution in [0.5, 0.6) is 0 Å². The van der Waals surface area contributed by atoms with Crippen LogP contribution in [-0.4, -0.2) is 22.4 Å². The predicted molar refractivity (Wildman–Crippen MR) is 64.7 cm³/mol. The van der Waals surface area contributed by atoms with Gasteiger partial charge in [-0.25, -0.2) is 0 Å². The molecule has 0 aliphatic rings. The smallest absolute Gasteiger partial charge is 0.0595 e. The molecule has 2 nitrogen and oxygen atoms in total. The summed E-state index contributed by atoms with van der Waals surface area (Å²) in [5.74, 6) is 0.712. The highest BCUT2D eigenvalue weighted by atomic mass is 16.3. The molecule has 0 saturated heterocycles. The van der Waals surface area contributed by atoms with Gasteiger partial charge in [0.2, 0.25) is 0 Å². The number of hydrogen-bond acceptors (Lipinski definition) is 2. The Hall–Kier alpha value is -0.0800. The molecule has 0 saturated carbocycles. The first-order chi connectivity index (χ1) is 6.65. The zero-order valence-corrected chi connectivity index (χ0v) is 11.2. The summed E-state index contributed by atoms with van der Waals surface area (Å²) in [4.78, 5) is 0. The largest absolute Gasteiger partial charge is 0.396 e. The van der Waals surface area contributed by atoms with Crippen molar-refractivity contribution in [2.45, 2.75) is 60.0 Å². The van der Waals surface area contributed by atoms with Crippen molar-refractivity contribution in [3.05, 3.63) is 0 Å². The van der Waals surface area contributed by atoms with Crippen molar-refractivity contribution < 1.29 is 10.2 Å². The van der Waals surface area contributed by atoms with Gasteiger partial charge in [0, 0.05) is 6.61 Å². The van der Waals surface area contributed by atoms with Gasteiger partial charge in [-0.3, -0.25) is 0 Å². The summed E-state index contributed by atoms with van der Waals surface area (Å²) in [6.07, 6.45) is 1.76. The molecule has 0 aliphatic heterocycles. The molecule has 0 spiro atoms. The molecular formula is C13H28O2. The molecule has 92 valence electrons. The highest BCUT2D eigenvalue weighted by Gasteiger charge is 2.36. The summed E-state index contributed by atoms with van der Waals surface area (Å²) in [5, 5.41) is 19.3. The average molecular weight is 216 g/mol. The van der Waals surface area contributed by atoms with Gasteiger partial charge in [-0.1, -0.05) is 34.1 Å². The van der Waals surface area contributed by atoms with E-state index in [0.29, 0.717) is 12.3 Å². The van der Waals surface area contributed by atoms with Gasteiger partial charge in [-0.2, -0.15) is 0 Å². The van der Waals surface area contributed by atoms with E-state index in [1.54, 1.807) is 0 Å². The molecule has 0 amide bonds. The SMILES string of the molecule is CCC(C)C(C)(C)C(CO)CC(C)(C)O. The molecule has 0 fully saturated rings. The van der Waals surface area contributed by atoms with Gasteiger partial charge >= 0.3 is 0 Å². The molecule has 0 bridgehead atoms. The minimum atomic E-state index is -0.696. The minimum Gasteiger partial charge on any atom is -0.396 e. The van der Waals surface area contributed by atoms with E-state index in [-0.39, 0.29) is 17.9 Å². The van der Waals surface area contributed by atoms with Crippen molar-refractivity contribution in [2.75, 3.05) is 6.61 Å². The summed E-state index contributed by atoms with van der Waals surface area (Å²) in [7, 11) is 0. The summed E-state index contributed by atoms with van der Waals surface area (Å²) >= 11 is 0. The molecule has 2 unspecified atom stereocenters. The Balaban J connectivity index is 4.65. The fourth-order valence-corrected chi connectivity index (χ4v) is 2.09. The summed E-state index contributed by atoms with van der Waals surface area (Å²) < 4.78 is 0. The van der Waals surface area contributed by atoms with Crippen LogP contribution >= 0.6 is 0 Å². The zero-order chi connectivity index (χ0) is 12.3. The van der Waals surface area contributed by atoms with Gasteiger partial charge < -0.3 is 10.2 Å². The fraction of sp³-hybridized carbons (Fsp3) is 1.00. The second kappa shape index (κ2) is 5.31. The molecule has 0 aromatic carbocycles. The van der Waals surface area contributed by atoms with Crippen LogP contribution in [0, 0.1) is 17.3 Å². The maximum absolute atomic E-state index is 9.83. The van der Waals surface area contributed by atoms with Gasteiger partial charge in [-0.05, 0) is 37.5 Å². The monoisotopic (exact) mass is 216 g/mol. The maximum atomic E-state index is 9.83. The highest BCUT2D eigenvalue weighted by Crippen LogP contribution is 2.40. The predicted octanol–water partition coefficient (Wildman–Crippen LogP) is 2.83. The summed E-state index contributed by atoms with van der Waals surface area (Å²) in [5.41, 5.74) is -0.623. The molecule has 15 heavy (non-hydrogen) atoms. The van der Waals surface area contributed by atoms with Crippen LogP contribution in [0.2, 0.25) is 0 Å². The van der Waals surface area contributed by atoms with Crippen molar-refractivity contribution >= 4 is 0 Å². The van der Waals surface area contributed by atoms with Crippen LogP contribution in [0.25, 0.3) is 0 Å². The lowest BCUT2D eigenvalue weighted by Gasteiger charge is -2.40. The summed E-state index contributed by atoms with van der Waals surface area (Å²) in [6.45, 7) is 12.5. The second-order valence-corrected chi connectivity index (χ2v) is 6.03. The average Bonchev–Trinajstić information content (AvgIpc) is 2.10. The third-order valence-electron chi connectivity index (χ3n) is 3.90. The third kappa shape index (κ3) is 4.52. The molecule has 2 atom stereocenters. The first kappa shape index (κ1) is 14.9. The first-order valence-corrected chi connectivity index (χ1v) is 5.98. The van der Waals surface area contributed by atoms with E-state index in [2.05, 4.69) is 27.7 Å². The van der Waals surface area contributed by atoms with Crippen LogP contribution in [0.1, 0.15) is 54.4 Å². The van der Waals surface area contributed by atoms with E-state index in [1.165, 1.54) is 0 Å². The Bertz CT molecular complexity index is 179. The molecule has 0 radical (unpaired) electrons. The van der Waals surface area contributed by atoms with Crippen LogP contribution < -0.4 is 0 Å². The van der Waals surface area contributed by atoms with Gasteiger partial charge in [0.25, 0.3) is 0 Å². The van der Waals surface area contributed by atoms with Crippen molar-refractivity contribution in [1.29, 1.82) is 0 Å². The van der Waals surface area contributed by atoms with Gasteiger partial charge in [0.15, 0.2) is 0 Å². The van der Waals surface area contributed by atoms with E-state index in [4.69, 9.17) is 0 Å². The Morgan fingerprint density at radius 2 is 1.60 bits per heavy atom. The normalized spacial score (nSPS) is 17.6. The number of aliphatic hydroxyl groups excluding tert-OH is 1. The lowest BCUT2D eigenvalue weighted by molar-refractivity contribution is -0.0137. The molecular weight excluding hydrogens is 188 g/mol. The van der Waals surface area contributed by atoms with Gasteiger partial charge in [-0.15, -0.1) is 0 Å². The van der Waals surface area contributed by atoms with Crippen molar-refractivity contribution in [2.24, 2.45) is 17.3 Å². The van der Waals surface area contributed by atoms with E-state index in [1.807, 2.05) is 13.8 Å². The van der Waals surface area contributed by atoms with Gasteiger partial charge in [0.1, 0.15) is 0 Å². The molecule has 0 aromatic rings. The first-order valence-electron chi connectivity index (χ1n) is 5.98. The minimum absolute atomic E-state index is 0.0729. The van der Waals surface area contributed by atoms with Crippen LogP contribution in [0.15, 0.2) is 0 Å². The van der Waals surface area contributed by atoms with E-state index in [0.717, 1.165) is 6.42 Å². The molecule has 2 heteroatoms. The van der Waals surface area contributed by atoms with E-state index in [9.17, 15) is 10.2 Å². The van der Waals surface area contributed by atoms with Crippen molar-refractivity contribution in [3.63, 3.8) is 0 Å². The van der Waals surface area contributed by atoms with Crippen molar-refractivity contribution in [3.8, 4) is 0 Å². The Morgan fingerprint density at radius 1 is 1.13 bits per heavy atom. The molecule has 0 aliphatic carbocycles. The fourth-order valence-electron chi connectivity index (χ4n) is 2.09. The van der Waals surface area contributed by atoms with E-state index < -0.39 is 5.60 Å². The highest BCUT2D eigenvalue weighted by molar-refractivity contribution is 4.86. The number of hydrogen-bond donors (Lipinski definition) is 2. The summed E-state index contributed by atoms with van der Waals surface area (Å²) in [6, 6.07) is 0.